The Bertz CT molecular complexity index is 526. The van der Waals surface area contributed by atoms with Gasteiger partial charge in [0.15, 0.2) is 0 Å². The predicted molar refractivity (Wildman–Crippen MR) is 75.7 cm³/mol. The number of aliphatic carboxylic acids is 1. The van der Waals surface area contributed by atoms with Gasteiger partial charge in [0.05, 0.1) is 10.8 Å². The van der Waals surface area contributed by atoms with Gasteiger partial charge in [-0.25, -0.2) is 13.1 Å². The summed E-state index contributed by atoms with van der Waals surface area (Å²) in [7, 11) is -3.67. The molecular formula is C11H14INO4S. The number of carbonyl (C=O) groups is 1. The molecule has 0 fully saturated rings. The Balaban J connectivity index is 2.89. The van der Waals surface area contributed by atoms with Gasteiger partial charge < -0.3 is 5.11 Å². The van der Waals surface area contributed by atoms with Crippen molar-refractivity contribution in [2.45, 2.75) is 24.8 Å². The maximum atomic E-state index is 12.0. The molecule has 0 saturated heterocycles. The number of nitrogens with one attached hydrogen (secondary N) is 1. The van der Waals surface area contributed by atoms with Crippen LogP contribution in [-0.2, 0) is 14.8 Å². The van der Waals surface area contributed by atoms with E-state index in [1.165, 1.54) is 26.0 Å². The van der Waals surface area contributed by atoms with E-state index in [0.29, 0.717) is 0 Å². The minimum atomic E-state index is -3.67. The largest absolute Gasteiger partial charge is 0.481 e. The van der Waals surface area contributed by atoms with Crippen molar-refractivity contribution in [3.63, 3.8) is 0 Å². The van der Waals surface area contributed by atoms with E-state index in [4.69, 9.17) is 5.11 Å². The van der Waals surface area contributed by atoms with E-state index < -0.39 is 28.0 Å². The second-order valence-corrected chi connectivity index (χ2v) is 6.95. The second-order valence-electron chi connectivity index (χ2n) is 3.99. The molecule has 0 aromatic heterocycles. The number of carboxylic acids is 1. The van der Waals surface area contributed by atoms with Crippen LogP contribution in [0.1, 0.15) is 13.8 Å². The highest BCUT2D eigenvalue weighted by atomic mass is 127. The van der Waals surface area contributed by atoms with Crippen LogP contribution < -0.4 is 4.72 Å². The molecule has 0 spiro atoms. The standard InChI is InChI=1S/C11H14INO4S/c1-7(11(14)15)8(2)13-18(16,17)10-5-3-9(12)4-6-10/h3-8,13H,1-2H3,(H,14,15). The average molecular weight is 383 g/mol. The number of hydrogen-bond donors (Lipinski definition) is 2. The second kappa shape index (κ2) is 5.98. The maximum Gasteiger partial charge on any atom is 0.307 e. The van der Waals surface area contributed by atoms with E-state index in [9.17, 15) is 13.2 Å². The van der Waals surface area contributed by atoms with Gasteiger partial charge in [-0.15, -0.1) is 0 Å². The lowest BCUT2D eigenvalue weighted by molar-refractivity contribution is -0.141. The minimum absolute atomic E-state index is 0.132. The van der Waals surface area contributed by atoms with E-state index in [1.54, 1.807) is 12.1 Å². The van der Waals surface area contributed by atoms with E-state index in [2.05, 4.69) is 27.3 Å². The smallest absolute Gasteiger partial charge is 0.307 e. The van der Waals surface area contributed by atoms with Crippen LogP contribution in [0.25, 0.3) is 0 Å². The first-order valence-electron chi connectivity index (χ1n) is 5.25. The lowest BCUT2D eigenvalue weighted by Crippen LogP contribution is -2.39. The van der Waals surface area contributed by atoms with Gasteiger partial charge in [0.25, 0.3) is 0 Å². The molecule has 0 radical (unpaired) electrons. The van der Waals surface area contributed by atoms with E-state index >= 15 is 0 Å². The molecule has 0 heterocycles. The molecule has 1 aromatic rings. The highest BCUT2D eigenvalue weighted by Gasteiger charge is 2.24. The van der Waals surface area contributed by atoms with Crippen LogP contribution in [0.4, 0.5) is 0 Å². The Hall–Kier alpha value is -0.670. The normalized spacial score (nSPS) is 15.1. The van der Waals surface area contributed by atoms with Crippen molar-refractivity contribution >= 4 is 38.6 Å². The molecule has 7 heteroatoms. The van der Waals surface area contributed by atoms with Crippen molar-refractivity contribution in [2.24, 2.45) is 5.92 Å². The molecule has 2 atom stereocenters. The van der Waals surface area contributed by atoms with Crippen LogP contribution in [0.5, 0.6) is 0 Å². The molecule has 0 amide bonds. The molecule has 0 aliphatic rings. The first-order chi connectivity index (χ1) is 8.24. The predicted octanol–water partition coefficient (Wildman–Crippen LogP) is 1.68. The summed E-state index contributed by atoms with van der Waals surface area (Å²) in [4.78, 5) is 10.9. The molecule has 5 nitrogen and oxygen atoms in total. The van der Waals surface area contributed by atoms with Gasteiger partial charge in [-0.2, -0.15) is 0 Å². The molecule has 1 rings (SSSR count). The Morgan fingerprint density at radius 2 is 1.78 bits per heavy atom. The molecule has 2 N–H and O–H groups in total. The van der Waals surface area contributed by atoms with Crippen LogP contribution in [-0.4, -0.2) is 25.5 Å². The third-order valence-electron chi connectivity index (χ3n) is 2.60. The Morgan fingerprint density at radius 1 is 1.28 bits per heavy atom. The summed E-state index contributed by atoms with van der Waals surface area (Å²) < 4.78 is 27.2. The van der Waals surface area contributed by atoms with Crippen molar-refractivity contribution in [3.8, 4) is 0 Å². The Kier molecular flexibility index (Phi) is 5.11. The molecule has 18 heavy (non-hydrogen) atoms. The minimum Gasteiger partial charge on any atom is -0.481 e. The number of rotatable bonds is 5. The van der Waals surface area contributed by atoms with Gasteiger partial charge in [0.2, 0.25) is 10.0 Å². The van der Waals surface area contributed by atoms with E-state index in [0.717, 1.165) is 3.57 Å². The van der Waals surface area contributed by atoms with Crippen molar-refractivity contribution < 1.29 is 18.3 Å². The zero-order chi connectivity index (χ0) is 13.9. The van der Waals surface area contributed by atoms with E-state index in [1.807, 2.05) is 0 Å². The summed E-state index contributed by atoms with van der Waals surface area (Å²) in [6, 6.07) is 5.66. The van der Waals surface area contributed by atoms with Crippen LogP contribution in [0, 0.1) is 9.49 Å². The van der Waals surface area contributed by atoms with Crippen LogP contribution >= 0.6 is 22.6 Å². The fourth-order valence-corrected chi connectivity index (χ4v) is 2.93. The zero-order valence-electron chi connectivity index (χ0n) is 9.92. The number of carboxylic acid groups (broad SMARTS) is 1. The van der Waals surface area contributed by atoms with Crippen LogP contribution in [0.2, 0.25) is 0 Å². The van der Waals surface area contributed by atoms with Gasteiger partial charge in [0.1, 0.15) is 0 Å². The number of halogens is 1. The lowest BCUT2D eigenvalue weighted by Gasteiger charge is -2.17. The maximum absolute atomic E-state index is 12.0. The monoisotopic (exact) mass is 383 g/mol. The SMILES string of the molecule is CC(NS(=O)(=O)c1ccc(I)cc1)C(C)C(=O)O. The fraction of sp³-hybridized carbons (Fsp3) is 0.364. The first kappa shape index (κ1) is 15.4. The molecule has 0 aliphatic heterocycles. The van der Waals surface area contributed by atoms with Crippen molar-refractivity contribution in [1.82, 2.24) is 4.72 Å². The van der Waals surface area contributed by atoms with Gasteiger partial charge in [-0.1, -0.05) is 6.92 Å². The quantitative estimate of drug-likeness (QED) is 0.758. The fourth-order valence-electron chi connectivity index (χ4n) is 1.24. The molecule has 2 unspecified atom stereocenters. The lowest BCUT2D eigenvalue weighted by atomic mass is 10.1. The topological polar surface area (TPSA) is 83.5 Å². The van der Waals surface area contributed by atoms with Gasteiger partial charge in [-0.3, -0.25) is 4.79 Å². The third-order valence-corrected chi connectivity index (χ3v) is 4.90. The zero-order valence-corrected chi connectivity index (χ0v) is 12.9. The molecule has 1 aromatic carbocycles. The van der Waals surface area contributed by atoms with Crippen LogP contribution in [0.15, 0.2) is 29.2 Å². The van der Waals surface area contributed by atoms with Crippen molar-refractivity contribution in [3.05, 3.63) is 27.8 Å². The highest BCUT2D eigenvalue weighted by Crippen LogP contribution is 2.14. The van der Waals surface area contributed by atoms with Crippen LogP contribution in [0.3, 0.4) is 0 Å². The highest BCUT2D eigenvalue weighted by molar-refractivity contribution is 14.1. The summed E-state index contributed by atoms with van der Waals surface area (Å²) in [6.07, 6.45) is 0. The summed E-state index contributed by atoms with van der Waals surface area (Å²) in [5.74, 6) is -1.82. The molecule has 0 aliphatic carbocycles. The molecule has 100 valence electrons. The Morgan fingerprint density at radius 3 is 2.22 bits per heavy atom. The summed E-state index contributed by atoms with van der Waals surface area (Å²) in [5.41, 5.74) is 0. The number of sulfonamides is 1. The molecular weight excluding hydrogens is 369 g/mol. The third kappa shape index (κ3) is 3.92. The first-order valence-corrected chi connectivity index (χ1v) is 7.81. The van der Waals surface area contributed by atoms with Crippen molar-refractivity contribution in [2.75, 3.05) is 0 Å². The number of hydrogen-bond acceptors (Lipinski definition) is 3. The van der Waals surface area contributed by atoms with E-state index in [-0.39, 0.29) is 4.90 Å². The summed E-state index contributed by atoms with van der Waals surface area (Å²) >= 11 is 2.08. The average Bonchev–Trinajstić information content (AvgIpc) is 2.27. The van der Waals surface area contributed by atoms with Gasteiger partial charge >= 0.3 is 5.97 Å². The molecule has 0 bridgehead atoms. The Labute approximate surface area is 120 Å². The number of benzene rings is 1. The van der Waals surface area contributed by atoms with Gasteiger partial charge in [-0.05, 0) is 53.8 Å². The molecule has 0 saturated carbocycles. The van der Waals surface area contributed by atoms with Gasteiger partial charge in [0, 0.05) is 9.61 Å². The summed E-state index contributed by atoms with van der Waals surface area (Å²) in [5, 5.41) is 8.82. The van der Waals surface area contributed by atoms with Crippen molar-refractivity contribution in [1.29, 1.82) is 0 Å². The summed E-state index contributed by atoms with van der Waals surface area (Å²) in [6.45, 7) is 2.99.